The van der Waals surface area contributed by atoms with Crippen LogP contribution in [-0.4, -0.2) is 29.2 Å². The average Bonchev–Trinajstić information content (AvgIpc) is 2.91. The van der Waals surface area contributed by atoms with E-state index in [9.17, 15) is 14.4 Å². The van der Waals surface area contributed by atoms with Crippen molar-refractivity contribution in [1.29, 1.82) is 0 Å². The van der Waals surface area contributed by atoms with Crippen molar-refractivity contribution in [3.8, 4) is 0 Å². The molecule has 0 unspecified atom stereocenters. The molecule has 1 aliphatic heterocycles. The minimum atomic E-state index is -0.560. The number of carbonyl (C=O) groups is 3. The van der Waals surface area contributed by atoms with Crippen molar-refractivity contribution in [2.24, 2.45) is 5.73 Å². The predicted octanol–water partition coefficient (Wildman–Crippen LogP) is 2.62. The maximum atomic E-state index is 12.7. The van der Waals surface area contributed by atoms with Crippen LogP contribution < -0.4 is 11.1 Å². The van der Waals surface area contributed by atoms with Crippen molar-refractivity contribution in [3.05, 3.63) is 50.9 Å². The highest BCUT2D eigenvalue weighted by Crippen LogP contribution is 2.37. The lowest BCUT2D eigenvalue weighted by Gasteiger charge is -2.25. The van der Waals surface area contributed by atoms with Crippen LogP contribution in [0.1, 0.15) is 49.2 Å². The lowest BCUT2D eigenvalue weighted by molar-refractivity contribution is -0.129. The third kappa shape index (κ3) is 3.35. The minimum Gasteiger partial charge on any atom is -0.365 e. The normalized spacial score (nSPS) is 13.3. The molecule has 0 saturated carbocycles. The number of thiophene rings is 1. The second-order valence-corrected chi connectivity index (χ2v) is 7.64. The Bertz CT molecular complexity index is 917. The van der Waals surface area contributed by atoms with Gasteiger partial charge in [-0.05, 0) is 37.5 Å². The molecule has 1 aliphatic rings. The molecule has 1 aromatic heterocycles. The quantitative estimate of drug-likeness (QED) is 0.869. The molecule has 136 valence electrons. The maximum Gasteiger partial charge on any atom is 0.256 e. The van der Waals surface area contributed by atoms with Gasteiger partial charge in [0.25, 0.3) is 11.8 Å². The molecule has 2 aromatic rings. The van der Waals surface area contributed by atoms with Crippen LogP contribution in [0.5, 0.6) is 0 Å². The number of benzene rings is 1. The van der Waals surface area contributed by atoms with Crippen LogP contribution in [0, 0.1) is 13.8 Å². The van der Waals surface area contributed by atoms with Gasteiger partial charge in [-0.1, -0.05) is 17.7 Å². The summed E-state index contributed by atoms with van der Waals surface area (Å²) in [5.41, 5.74) is 9.29. The van der Waals surface area contributed by atoms with Crippen LogP contribution in [-0.2, 0) is 17.8 Å². The third-order valence-corrected chi connectivity index (χ3v) is 5.73. The first-order valence-corrected chi connectivity index (χ1v) is 9.18. The first kappa shape index (κ1) is 18.1. The van der Waals surface area contributed by atoms with E-state index in [4.69, 9.17) is 5.73 Å². The van der Waals surface area contributed by atoms with Gasteiger partial charge in [0.15, 0.2) is 0 Å². The number of nitrogens with zero attached hydrogens (tertiary/aromatic N) is 1. The predicted molar refractivity (Wildman–Crippen MR) is 102 cm³/mol. The summed E-state index contributed by atoms with van der Waals surface area (Å²) < 4.78 is 0. The number of hydrogen-bond acceptors (Lipinski definition) is 4. The Morgan fingerprint density at radius 1 is 1.23 bits per heavy atom. The standard InChI is InChI=1S/C19H21N3O3S/c1-10-4-5-13(11(2)8-10)18(25)21-19-16(17(20)24)14-6-7-22(12(3)23)9-15(14)26-19/h4-5,8H,6-7,9H2,1-3H3,(H2,20,24)(H,21,25). The van der Waals surface area contributed by atoms with E-state index in [1.54, 1.807) is 11.0 Å². The molecular formula is C19H21N3O3S. The van der Waals surface area contributed by atoms with Gasteiger partial charge in [-0.2, -0.15) is 0 Å². The summed E-state index contributed by atoms with van der Waals surface area (Å²) in [6.45, 7) is 6.35. The van der Waals surface area contributed by atoms with Crippen LogP contribution in [0.25, 0.3) is 0 Å². The van der Waals surface area contributed by atoms with E-state index >= 15 is 0 Å². The second-order valence-electron chi connectivity index (χ2n) is 6.54. The van der Waals surface area contributed by atoms with Crippen LogP contribution in [0.4, 0.5) is 5.00 Å². The maximum absolute atomic E-state index is 12.7. The number of nitrogens with one attached hydrogen (secondary N) is 1. The van der Waals surface area contributed by atoms with Crippen molar-refractivity contribution in [3.63, 3.8) is 0 Å². The number of fused-ring (bicyclic) bond motifs is 1. The number of amides is 3. The molecule has 2 heterocycles. The van der Waals surface area contributed by atoms with Crippen molar-refractivity contribution < 1.29 is 14.4 Å². The Morgan fingerprint density at radius 2 is 1.96 bits per heavy atom. The molecule has 3 amide bonds. The summed E-state index contributed by atoms with van der Waals surface area (Å²) in [7, 11) is 0. The molecule has 0 bridgehead atoms. The van der Waals surface area contributed by atoms with Crippen LogP contribution >= 0.6 is 11.3 Å². The van der Waals surface area contributed by atoms with Gasteiger partial charge in [-0.3, -0.25) is 14.4 Å². The summed E-state index contributed by atoms with van der Waals surface area (Å²) in [5.74, 6) is -0.840. The first-order chi connectivity index (χ1) is 12.3. The van der Waals surface area contributed by atoms with Gasteiger partial charge in [0.05, 0.1) is 12.1 Å². The molecule has 6 nitrogen and oxygen atoms in total. The number of primary amides is 1. The summed E-state index contributed by atoms with van der Waals surface area (Å²) in [6, 6.07) is 5.59. The summed E-state index contributed by atoms with van der Waals surface area (Å²) in [4.78, 5) is 38.9. The van der Waals surface area contributed by atoms with Gasteiger partial charge in [0, 0.05) is 23.9 Å². The fourth-order valence-corrected chi connectivity index (χ4v) is 4.52. The van der Waals surface area contributed by atoms with Gasteiger partial charge < -0.3 is 16.0 Å². The van der Waals surface area contributed by atoms with E-state index in [1.807, 2.05) is 26.0 Å². The van der Waals surface area contributed by atoms with Crippen molar-refractivity contribution in [1.82, 2.24) is 4.90 Å². The van der Waals surface area contributed by atoms with E-state index in [1.165, 1.54) is 18.3 Å². The fraction of sp³-hybridized carbons (Fsp3) is 0.316. The van der Waals surface area contributed by atoms with Gasteiger partial charge in [-0.25, -0.2) is 0 Å². The van der Waals surface area contributed by atoms with E-state index in [0.717, 1.165) is 21.6 Å². The van der Waals surface area contributed by atoms with Gasteiger partial charge >= 0.3 is 0 Å². The molecule has 3 rings (SSSR count). The number of aryl methyl sites for hydroxylation is 2. The SMILES string of the molecule is CC(=O)N1CCc2c(sc(NC(=O)c3ccc(C)cc3C)c2C(N)=O)C1. The lowest BCUT2D eigenvalue weighted by atomic mass is 10.0. The highest BCUT2D eigenvalue weighted by molar-refractivity contribution is 7.17. The van der Waals surface area contributed by atoms with E-state index in [0.29, 0.717) is 35.6 Å². The molecule has 7 heteroatoms. The number of carbonyl (C=O) groups excluding carboxylic acids is 3. The summed E-state index contributed by atoms with van der Waals surface area (Å²) in [6.07, 6.45) is 0.559. The summed E-state index contributed by atoms with van der Waals surface area (Å²) >= 11 is 1.32. The molecule has 26 heavy (non-hydrogen) atoms. The Labute approximate surface area is 156 Å². The molecule has 3 N–H and O–H groups in total. The van der Waals surface area contributed by atoms with Crippen LogP contribution in [0.15, 0.2) is 18.2 Å². The van der Waals surface area contributed by atoms with E-state index < -0.39 is 5.91 Å². The monoisotopic (exact) mass is 371 g/mol. The Morgan fingerprint density at radius 3 is 2.58 bits per heavy atom. The molecule has 1 aromatic carbocycles. The topological polar surface area (TPSA) is 92.5 Å². The number of hydrogen-bond donors (Lipinski definition) is 2. The fourth-order valence-electron chi connectivity index (χ4n) is 3.26. The van der Waals surface area contributed by atoms with Crippen LogP contribution in [0.3, 0.4) is 0 Å². The van der Waals surface area contributed by atoms with Gasteiger partial charge in [0.1, 0.15) is 5.00 Å². The smallest absolute Gasteiger partial charge is 0.256 e. The van der Waals surface area contributed by atoms with Crippen molar-refractivity contribution >= 4 is 34.1 Å². The van der Waals surface area contributed by atoms with Crippen molar-refractivity contribution in [2.75, 3.05) is 11.9 Å². The second kappa shape index (κ2) is 6.92. The van der Waals surface area contributed by atoms with Gasteiger partial charge in [0.2, 0.25) is 5.91 Å². The largest absolute Gasteiger partial charge is 0.365 e. The van der Waals surface area contributed by atoms with E-state index in [2.05, 4.69) is 5.32 Å². The highest BCUT2D eigenvalue weighted by atomic mass is 32.1. The summed E-state index contributed by atoms with van der Waals surface area (Å²) in [5, 5.41) is 3.30. The molecular weight excluding hydrogens is 350 g/mol. The third-order valence-electron chi connectivity index (χ3n) is 4.60. The average molecular weight is 371 g/mol. The molecule has 0 radical (unpaired) electrons. The number of anilines is 1. The Hall–Kier alpha value is -2.67. The lowest BCUT2D eigenvalue weighted by Crippen LogP contribution is -2.34. The number of nitrogens with two attached hydrogens (primary N) is 1. The molecule has 0 atom stereocenters. The minimum absolute atomic E-state index is 0.00876. The molecule has 0 fully saturated rings. The molecule has 0 spiro atoms. The zero-order valence-electron chi connectivity index (χ0n) is 15.0. The first-order valence-electron chi connectivity index (χ1n) is 8.36. The number of rotatable bonds is 3. The molecule has 0 saturated heterocycles. The highest BCUT2D eigenvalue weighted by Gasteiger charge is 2.28. The Balaban J connectivity index is 1.94. The van der Waals surface area contributed by atoms with Gasteiger partial charge in [-0.15, -0.1) is 11.3 Å². The van der Waals surface area contributed by atoms with Crippen molar-refractivity contribution in [2.45, 2.75) is 33.7 Å². The zero-order chi connectivity index (χ0) is 19.0. The van der Waals surface area contributed by atoms with E-state index in [-0.39, 0.29) is 11.8 Å². The van der Waals surface area contributed by atoms with Crippen LogP contribution in [0.2, 0.25) is 0 Å². The Kier molecular flexibility index (Phi) is 4.82. The molecule has 0 aliphatic carbocycles. The zero-order valence-corrected chi connectivity index (χ0v) is 15.8.